The second-order valence-electron chi connectivity index (χ2n) is 7.61. The molecule has 0 spiro atoms. The van der Waals surface area contributed by atoms with E-state index < -0.39 is 14.9 Å². The third kappa shape index (κ3) is 7.16. The van der Waals surface area contributed by atoms with Crippen LogP contribution in [0.3, 0.4) is 0 Å². The van der Waals surface area contributed by atoms with Crippen molar-refractivity contribution in [1.82, 2.24) is 9.62 Å². The van der Waals surface area contributed by atoms with E-state index >= 15 is 0 Å². The molecule has 0 radical (unpaired) electrons. The minimum absolute atomic E-state index is 0.0793. The molecule has 1 saturated carbocycles. The Morgan fingerprint density at radius 2 is 1.87 bits per heavy atom. The van der Waals surface area contributed by atoms with Gasteiger partial charge in [-0.2, -0.15) is 4.31 Å². The predicted molar refractivity (Wildman–Crippen MR) is 117 cm³/mol. The Hall–Kier alpha value is -1.81. The highest BCUT2D eigenvalue weighted by Crippen LogP contribution is 2.28. The van der Waals surface area contributed by atoms with E-state index in [2.05, 4.69) is 11.9 Å². The summed E-state index contributed by atoms with van der Waals surface area (Å²) in [6.45, 7) is 6.37. The van der Waals surface area contributed by atoms with E-state index in [0.717, 1.165) is 64.6 Å². The van der Waals surface area contributed by atoms with Crippen molar-refractivity contribution < 1.29 is 18.1 Å². The first kappa shape index (κ1) is 24.5. The lowest BCUT2D eigenvalue weighted by Gasteiger charge is -2.34. The van der Waals surface area contributed by atoms with Gasteiger partial charge in [-0.15, -0.1) is 6.58 Å². The van der Waals surface area contributed by atoms with Crippen molar-refractivity contribution >= 4 is 15.7 Å². The van der Waals surface area contributed by atoms with Gasteiger partial charge in [0, 0.05) is 31.8 Å². The molecule has 0 bridgehead atoms. The summed E-state index contributed by atoms with van der Waals surface area (Å²) in [5.41, 5.74) is -0.123. The van der Waals surface area contributed by atoms with Crippen molar-refractivity contribution in [2.75, 3.05) is 26.7 Å². The van der Waals surface area contributed by atoms with E-state index in [1.165, 1.54) is 28.6 Å². The molecule has 2 rings (SSSR count). The highest BCUT2D eigenvalue weighted by atomic mass is 32.2. The number of nitrogens with zero attached hydrogens (tertiary/aromatic N) is 2. The average Bonchev–Trinajstić information content (AvgIpc) is 2.75. The second kappa shape index (κ2) is 12.1. The first-order valence-corrected chi connectivity index (χ1v) is 12.0. The van der Waals surface area contributed by atoms with Crippen LogP contribution >= 0.6 is 0 Å². The molecular weight excluding hydrogens is 406 g/mol. The van der Waals surface area contributed by atoms with Gasteiger partial charge >= 0.3 is 0 Å². The lowest BCUT2D eigenvalue weighted by atomic mass is 9.93. The number of unbranched alkanes of at least 4 members (excludes halogenated alkanes) is 1. The molecule has 1 aliphatic carbocycles. The van der Waals surface area contributed by atoms with Gasteiger partial charge in [-0.3, -0.25) is 10.1 Å². The van der Waals surface area contributed by atoms with Crippen LogP contribution < -0.4 is 5.32 Å². The summed E-state index contributed by atoms with van der Waals surface area (Å²) in [5, 5.41) is 14.1. The van der Waals surface area contributed by atoms with Crippen LogP contribution in [0.25, 0.3) is 0 Å². The Morgan fingerprint density at radius 3 is 2.47 bits per heavy atom. The molecule has 168 valence electrons. The van der Waals surface area contributed by atoms with E-state index in [-0.39, 0.29) is 22.7 Å². The van der Waals surface area contributed by atoms with Crippen LogP contribution in [0, 0.1) is 10.1 Å². The molecule has 0 aliphatic heterocycles. The quantitative estimate of drug-likeness (QED) is 0.218. The molecule has 0 unspecified atom stereocenters. The van der Waals surface area contributed by atoms with Crippen LogP contribution in [-0.2, 0) is 14.8 Å². The van der Waals surface area contributed by atoms with Crippen molar-refractivity contribution in [2.24, 2.45) is 0 Å². The largest absolute Gasteiger partial charge is 0.378 e. The molecule has 30 heavy (non-hydrogen) atoms. The molecule has 9 heteroatoms. The number of hydrogen-bond acceptors (Lipinski definition) is 6. The molecule has 8 nitrogen and oxygen atoms in total. The van der Waals surface area contributed by atoms with E-state index in [9.17, 15) is 18.5 Å². The Morgan fingerprint density at radius 1 is 1.20 bits per heavy atom. The molecule has 0 amide bonds. The predicted octanol–water partition coefficient (Wildman–Crippen LogP) is 3.49. The summed E-state index contributed by atoms with van der Waals surface area (Å²) < 4.78 is 33.1. The number of hydrogen-bond donors (Lipinski definition) is 1. The molecule has 1 aliphatic rings. The topological polar surface area (TPSA) is 102 Å². The van der Waals surface area contributed by atoms with Crippen molar-refractivity contribution in [1.29, 1.82) is 0 Å². The van der Waals surface area contributed by atoms with Gasteiger partial charge in [-0.05, 0) is 70.2 Å². The minimum Gasteiger partial charge on any atom is -0.378 e. The normalized spacial score (nSPS) is 19.7. The fourth-order valence-electron chi connectivity index (χ4n) is 3.61. The van der Waals surface area contributed by atoms with Crippen LogP contribution in [-0.4, -0.2) is 56.5 Å². The molecule has 0 atom stereocenters. The van der Waals surface area contributed by atoms with Crippen LogP contribution in [0.2, 0.25) is 0 Å². The van der Waals surface area contributed by atoms with Gasteiger partial charge in [0.1, 0.15) is 0 Å². The van der Waals surface area contributed by atoms with Gasteiger partial charge < -0.3 is 10.1 Å². The maximum atomic E-state index is 12.8. The van der Waals surface area contributed by atoms with E-state index in [1.807, 2.05) is 6.08 Å². The number of benzene rings is 1. The molecule has 0 heterocycles. The SMILES string of the molecule is C=CCCNCCCCOC1CCC(N(C)S(=O)(=O)c2ccc([N+](=O)[O-])cc2)CC1. The molecular formula is C21H33N3O5S. The van der Waals surface area contributed by atoms with Gasteiger partial charge in [0.2, 0.25) is 10.0 Å². The highest BCUT2D eigenvalue weighted by Gasteiger charge is 2.32. The third-order valence-electron chi connectivity index (χ3n) is 5.51. The standard InChI is InChI=1S/C21H33N3O5S/c1-3-4-15-22-16-5-6-17-29-20-11-7-18(8-12-20)23(2)30(27,28)21-13-9-19(10-14-21)24(25)26/h3,9-10,13-14,18,20,22H,1,4-8,11-12,15-17H2,2H3. The molecule has 1 aromatic carbocycles. The van der Waals surface area contributed by atoms with Crippen molar-refractivity contribution in [3.05, 3.63) is 47.0 Å². The average molecular weight is 440 g/mol. The summed E-state index contributed by atoms with van der Waals surface area (Å²) in [6.07, 6.45) is 8.32. The van der Waals surface area contributed by atoms with Gasteiger partial charge in [0.15, 0.2) is 0 Å². The molecule has 1 aromatic rings. The van der Waals surface area contributed by atoms with Crippen LogP contribution in [0.5, 0.6) is 0 Å². The van der Waals surface area contributed by atoms with E-state index in [4.69, 9.17) is 4.74 Å². The Kier molecular flexibility index (Phi) is 9.90. The smallest absolute Gasteiger partial charge is 0.269 e. The summed E-state index contributed by atoms with van der Waals surface area (Å²) in [5.74, 6) is 0. The summed E-state index contributed by atoms with van der Waals surface area (Å²) in [4.78, 5) is 10.3. The van der Waals surface area contributed by atoms with Gasteiger partial charge in [-0.1, -0.05) is 6.08 Å². The third-order valence-corrected chi connectivity index (χ3v) is 7.43. The number of rotatable bonds is 13. The van der Waals surface area contributed by atoms with E-state index in [1.54, 1.807) is 7.05 Å². The van der Waals surface area contributed by atoms with Crippen LogP contribution in [0.1, 0.15) is 44.9 Å². The highest BCUT2D eigenvalue weighted by molar-refractivity contribution is 7.89. The van der Waals surface area contributed by atoms with Crippen molar-refractivity contribution in [3.63, 3.8) is 0 Å². The molecule has 0 aromatic heterocycles. The first-order valence-electron chi connectivity index (χ1n) is 10.5. The monoisotopic (exact) mass is 439 g/mol. The number of sulfonamides is 1. The first-order chi connectivity index (χ1) is 14.4. The zero-order valence-corrected chi connectivity index (χ0v) is 18.5. The fraction of sp³-hybridized carbons (Fsp3) is 0.619. The van der Waals surface area contributed by atoms with Gasteiger partial charge in [-0.25, -0.2) is 8.42 Å². The number of ether oxygens (including phenoxy) is 1. The number of nitro benzene ring substituents is 1. The van der Waals surface area contributed by atoms with Gasteiger partial charge in [0.05, 0.1) is 15.9 Å². The number of non-ortho nitro benzene ring substituents is 1. The van der Waals surface area contributed by atoms with Crippen molar-refractivity contribution in [2.45, 2.75) is 62.0 Å². The van der Waals surface area contributed by atoms with Crippen molar-refractivity contribution in [3.8, 4) is 0 Å². The summed E-state index contributed by atoms with van der Waals surface area (Å²) in [7, 11) is -2.09. The van der Waals surface area contributed by atoms with Crippen LogP contribution in [0.4, 0.5) is 5.69 Å². The zero-order valence-electron chi connectivity index (χ0n) is 17.7. The summed E-state index contributed by atoms with van der Waals surface area (Å²) >= 11 is 0. The maximum absolute atomic E-state index is 12.8. The van der Waals surface area contributed by atoms with E-state index in [0.29, 0.717) is 0 Å². The van der Waals surface area contributed by atoms with Crippen LogP contribution in [0.15, 0.2) is 41.8 Å². The fourth-order valence-corrected chi connectivity index (χ4v) is 5.02. The molecule has 0 saturated heterocycles. The lowest BCUT2D eigenvalue weighted by molar-refractivity contribution is -0.384. The molecule has 1 fully saturated rings. The Balaban J connectivity index is 1.73. The Bertz CT molecular complexity index is 774. The number of nitro groups is 1. The zero-order chi connectivity index (χ0) is 22.0. The second-order valence-corrected chi connectivity index (χ2v) is 9.61. The summed E-state index contributed by atoms with van der Waals surface area (Å²) in [6, 6.07) is 4.95. The molecule has 1 N–H and O–H groups in total. The minimum atomic E-state index is -3.68. The lowest BCUT2D eigenvalue weighted by Crippen LogP contribution is -2.40. The Labute approximate surface area is 179 Å². The number of nitrogens with one attached hydrogen (secondary N) is 1. The van der Waals surface area contributed by atoms with Gasteiger partial charge in [0.25, 0.3) is 5.69 Å². The maximum Gasteiger partial charge on any atom is 0.269 e.